The van der Waals surface area contributed by atoms with Crippen LogP contribution in [0.2, 0.25) is 0 Å². The smallest absolute Gasteiger partial charge is 0.226 e. The maximum absolute atomic E-state index is 11.9. The van der Waals surface area contributed by atoms with Gasteiger partial charge in [0.1, 0.15) is 5.82 Å². The molecule has 110 valence electrons. The van der Waals surface area contributed by atoms with Crippen LogP contribution in [0.25, 0.3) is 0 Å². The molecule has 1 fully saturated rings. The minimum Gasteiger partial charge on any atom is -0.378 e. The van der Waals surface area contributed by atoms with Crippen LogP contribution in [0.4, 0.5) is 10.9 Å². The Kier molecular flexibility index (Phi) is 3.40. The number of hydrogen-bond acceptors (Lipinski definition) is 6. The summed E-state index contributed by atoms with van der Waals surface area (Å²) in [5.41, 5.74) is 0. The van der Waals surface area contributed by atoms with Crippen LogP contribution in [0.3, 0.4) is 0 Å². The highest BCUT2D eigenvalue weighted by atomic mass is 32.1. The molecule has 0 radical (unpaired) electrons. The number of carbonyl (C=O) groups excluding carboxylic acids is 1. The fraction of sp³-hybridized carbons (Fsp3) is 0.429. The van der Waals surface area contributed by atoms with Crippen molar-refractivity contribution < 1.29 is 9.53 Å². The Balaban J connectivity index is 1.70. The van der Waals surface area contributed by atoms with Gasteiger partial charge in [-0.3, -0.25) is 4.79 Å². The molecule has 2 aromatic heterocycles. The van der Waals surface area contributed by atoms with Gasteiger partial charge in [-0.15, -0.1) is 11.3 Å². The molecule has 21 heavy (non-hydrogen) atoms. The summed E-state index contributed by atoms with van der Waals surface area (Å²) >= 11 is 3.41. The Hall–Kier alpha value is -1.44. The Labute approximate surface area is 130 Å². The van der Waals surface area contributed by atoms with Crippen molar-refractivity contribution in [3.63, 3.8) is 0 Å². The molecular formula is C14H15N3O2S2. The lowest BCUT2D eigenvalue weighted by molar-refractivity contribution is -0.116. The minimum absolute atomic E-state index is 0.0553. The number of aromatic nitrogens is 1. The van der Waals surface area contributed by atoms with Gasteiger partial charge in [-0.25, -0.2) is 4.98 Å². The third-order valence-electron chi connectivity index (χ3n) is 3.77. The zero-order valence-electron chi connectivity index (χ0n) is 11.4. The van der Waals surface area contributed by atoms with Crippen LogP contribution in [0.15, 0.2) is 17.5 Å². The van der Waals surface area contributed by atoms with Crippen LogP contribution in [0.1, 0.15) is 22.1 Å². The number of ether oxygens (including phenoxy) is 1. The average Bonchev–Trinajstić information content (AvgIpc) is 3.16. The summed E-state index contributed by atoms with van der Waals surface area (Å²) < 4.78 is 5.39. The Morgan fingerprint density at radius 1 is 1.38 bits per heavy atom. The average molecular weight is 321 g/mol. The summed E-state index contributed by atoms with van der Waals surface area (Å²) in [5, 5.41) is 5.97. The van der Waals surface area contributed by atoms with Crippen molar-refractivity contribution in [3.8, 4) is 0 Å². The van der Waals surface area contributed by atoms with Crippen LogP contribution in [-0.4, -0.2) is 37.2 Å². The Morgan fingerprint density at radius 2 is 2.24 bits per heavy atom. The van der Waals surface area contributed by atoms with Crippen LogP contribution >= 0.6 is 22.7 Å². The van der Waals surface area contributed by atoms with Gasteiger partial charge in [-0.05, 0) is 11.4 Å². The monoisotopic (exact) mass is 321 g/mol. The lowest BCUT2D eigenvalue weighted by Gasteiger charge is -2.25. The third kappa shape index (κ3) is 2.45. The van der Waals surface area contributed by atoms with E-state index in [-0.39, 0.29) is 11.8 Å². The molecule has 5 nitrogen and oxygen atoms in total. The van der Waals surface area contributed by atoms with Gasteiger partial charge >= 0.3 is 0 Å². The van der Waals surface area contributed by atoms with Crippen molar-refractivity contribution in [1.29, 1.82) is 0 Å². The van der Waals surface area contributed by atoms with Gasteiger partial charge in [-0.2, -0.15) is 0 Å². The predicted octanol–water partition coefficient (Wildman–Crippen LogP) is 2.52. The molecule has 0 saturated carbocycles. The fourth-order valence-electron chi connectivity index (χ4n) is 2.72. The van der Waals surface area contributed by atoms with Crippen LogP contribution in [0.5, 0.6) is 0 Å². The first-order chi connectivity index (χ1) is 10.3. The molecule has 2 aliphatic rings. The molecular weight excluding hydrogens is 306 g/mol. The summed E-state index contributed by atoms with van der Waals surface area (Å²) in [6.45, 7) is 3.21. The maximum Gasteiger partial charge on any atom is 0.226 e. The van der Waals surface area contributed by atoms with E-state index < -0.39 is 0 Å². The maximum atomic E-state index is 11.9. The number of thiazole rings is 1. The third-order valence-corrected chi connectivity index (χ3v) is 5.99. The van der Waals surface area contributed by atoms with E-state index in [1.165, 1.54) is 9.75 Å². The first kappa shape index (κ1) is 13.2. The normalized spacial score (nSPS) is 22.0. The highest BCUT2D eigenvalue weighted by molar-refractivity contribution is 7.16. The number of fused-ring (bicyclic) bond motifs is 1. The summed E-state index contributed by atoms with van der Waals surface area (Å²) in [7, 11) is 0. The molecule has 1 amide bonds. The summed E-state index contributed by atoms with van der Waals surface area (Å²) in [4.78, 5) is 21.2. The lowest BCUT2D eigenvalue weighted by Crippen LogP contribution is -2.36. The molecule has 4 rings (SSSR count). The molecule has 1 saturated heterocycles. The number of nitrogens with zero attached hydrogens (tertiary/aromatic N) is 2. The van der Waals surface area contributed by atoms with E-state index in [0.717, 1.165) is 37.3 Å². The largest absolute Gasteiger partial charge is 0.378 e. The summed E-state index contributed by atoms with van der Waals surface area (Å²) in [6, 6.07) is 4.14. The van der Waals surface area contributed by atoms with Crippen molar-refractivity contribution in [1.82, 2.24) is 4.98 Å². The van der Waals surface area contributed by atoms with Crippen molar-refractivity contribution >= 4 is 39.5 Å². The van der Waals surface area contributed by atoms with Gasteiger partial charge in [0.2, 0.25) is 5.91 Å². The summed E-state index contributed by atoms with van der Waals surface area (Å²) in [5.74, 6) is 0.955. The molecule has 2 aromatic rings. The van der Waals surface area contributed by atoms with Gasteiger partial charge in [0, 0.05) is 30.3 Å². The number of amides is 1. The Morgan fingerprint density at radius 3 is 3.00 bits per heavy atom. The number of anilines is 2. The molecule has 0 spiro atoms. The van der Waals surface area contributed by atoms with Gasteiger partial charge in [0.15, 0.2) is 5.13 Å². The standard InChI is InChI=1S/C14H15N3O2S2/c18-11-8-9(10-2-1-7-20-10)12-13(15-11)16-14(21-12)17-3-5-19-6-4-17/h1-2,7,9H,3-6,8H2,(H,15,18)/t9-/m1/s1. The molecule has 1 N–H and O–H groups in total. The van der Waals surface area contributed by atoms with E-state index in [1.807, 2.05) is 6.07 Å². The van der Waals surface area contributed by atoms with Gasteiger partial charge in [0.25, 0.3) is 0 Å². The second kappa shape index (κ2) is 5.40. The molecule has 0 aliphatic carbocycles. The number of hydrogen-bond donors (Lipinski definition) is 1. The molecule has 0 bridgehead atoms. The topological polar surface area (TPSA) is 54.5 Å². The zero-order valence-corrected chi connectivity index (χ0v) is 13.0. The first-order valence-electron chi connectivity index (χ1n) is 6.98. The molecule has 0 unspecified atom stereocenters. The number of nitrogens with one attached hydrogen (secondary N) is 1. The molecule has 0 aromatic carbocycles. The van der Waals surface area contributed by atoms with Crippen molar-refractivity contribution in [3.05, 3.63) is 27.3 Å². The quantitative estimate of drug-likeness (QED) is 0.923. The second-order valence-corrected chi connectivity index (χ2v) is 7.12. The number of carbonyl (C=O) groups is 1. The molecule has 7 heteroatoms. The van der Waals surface area contributed by atoms with E-state index in [0.29, 0.717) is 6.42 Å². The minimum atomic E-state index is 0.0553. The van der Waals surface area contributed by atoms with E-state index in [4.69, 9.17) is 4.74 Å². The van der Waals surface area contributed by atoms with E-state index >= 15 is 0 Å². The van der Waals surface area contributed by atoms with Crippen molar-refractivity contribution in [2.24, 2.45) is 0 Å². The van der Waals surface area contributed by atoms with Crippen molar-refractivity contribution in [2.75, 3.05) is 36.5 Å². The van der Waals surface area contributed by atoms with Gasteiger partial charge < -0.3 is 15.0 Å². The lowest BCUT2D eigenvalue weighted by atomic mass is 9.98. The Bertz CT molecular complexity index is 647. The van der Waals surface area contributed by atoms with Crippen LogP contribution in [-0.2, 0) is 9.53 Å². The van der Waals surface area contributed by atoms with Gasteiger partial charge in [0.05, 0.1) is 18.1 Å². The zero-order chi connectivity index (χ0) is 14.2. The number of thiophene rings is 1. The van der Waals surface area contributed by atoms with Crippen LogP contribution in [0, 0.1) is 0 Å². The van der Waals surface area contributed by atoms with Crippen LogP contribution < -0.4 is 10.2 Å². The van der Waals surface area contributed by atoms with Crippen molar-refractivity contribution in [2.45, 2.75) is 12.3 Å². The highest BCUT2D eigenvalue weighted by Crippen LogP contribution is 2.44. The van der Waals surface area contributed by atoms with E-state index in [2.05, 4.69) is 26.6 Å². The second-order valence-electron chi connectivity index (χ2n) is 5.13. The highest BCUT2D eigenvalue weighted by Gasteiger charge is 2.32. The van der Waals surface area contributed by atoms with E-state index in [9.17, 15) is 4.79 Å². The SMILES string of the molecule is O=C1C[C@H](c2cccs2)c2sc(N3CCOCC3)nc2N1. The molecule has 4 heterocycles. The predicted molar refractivity (Wildman–Crippen MR) is 84.6 cm³/mol. The summed E-state index contributed by atoms with van der Waals surface area (Å²) in [6.07, 6.45) is 0.512. The van der Waals surface area contributed by atoms with E-state index in [1.54, 1.807) is 22.7 Å². The first-order valence-corrected chi connectivity index (χ1v) is 8.67. The number of rotatable bonds is 2. The molecule has 2 aliphatic heterocycles. The number of morpholine rings is 1. The van der Waals surface area contributed by atoms with Gasteiger partial charge in [-0.1, -0.05) is 17.4 Å². The molecule has 1 atom stereocenters. The fourth-order valence-corrected chi connectivity index (χ4v) is 4.82.